The Morgan fingerprint density at radius 2 is 1.79 bits per heavy atom. The highest BCUT2D eigenvalue weighted by Crippen LogP contribution is 2.21. The lowest BCUT2D eigenvalue weighted by atomic mass is 9.99. The molecule has 2 aromatic rings. The van der Waals surface area contributed by atoms with Gasteiger partial charge in [-0.2, -0.15) is 0 Å². The van der Waals surface area contributed by atoms with Gasteiger partial charge in [-0.1, -0.05) is 60.7 Å². The summed E-state index contributed by atoms with van der Waals surface area (Å²) < 4.78 is 10.6. The molecule has 3 rings (SSSR count). The number of hydrogen-bond acceptors (Lipinski definition) is 3. The lowest BCUT2D eigenvalue weighted by molar-refractivity contribution is -0.144. The zero-order valence-corrected chi connectivity index (χ0v) is 13.7. The highest BCUT2D eigenvalue weighted by atomic mass is 16.5. The van der Waals surface area contributed by atoms with Crippen LogP contribution in [0.1, 0.15) is 29.5 Å². The summed E-state index contributed by atoms with van der Waals surface area (Å²) in [5.74, 6) is -0.157. The molecule has 0 saturated heterocycles. The van der Waals surface area contributed by atoms with Crippen molar-refractivity contribution in [2.45, 2.75) is 25.9 Å². The molecule has 1 aliphatic rings. The van der Waals surface area contributed by atoms with Gasteiger partial charge in [0.05, 0.1) is 13.2 Å². The second-order valence-corrected chi connectivity index (χ2v) is 5.90. The third-order valence-electron chi connectivity index (χ3n) is 4.15. The van der Waals surface area contributed by atoms with Crippen molar-refractivity contribution >= 4 is 11.5 Å². The molecule has 0 N–H and O–H groups in total. The smallest absolute Gasteiger partial charge is 0.306 e. The lowest BCUT2D eigenvalue weighted by Crippen LogP contribution is -2.06. The summed E-state index contributed by atoms with van der Waals surface area (Å²) in [5.41, 5.74) is 4.76. The molecule has 0 aliphatic carbocycles. The molecule has 24 heavy (non-hydrogen) atoms. The van der Waals surface area contributed by atoms with Gasteiger partial charge in [0.2, 0.25) is 0 Å². The van der Waals surface area contributed by atoms with E-state index in [1.54, 1.807) is 0 Å². The van der Waals surface area contributed by atoms with Crippen LogP contribution in [0.2, 0.25) is 0 Å². The Morgan fingerprint density at radius 3 is 2.50 bits per heavy atom. The third-order valence-corrected chi connectivity index (χ3v) is 4.15. The van der Waals surface area contributed by atoms with E-state index in [2.05, 4.69) is 30.3 Å². The number of hydrogen-bond donors (Lipinski definition) is 0. The number of aryl methyl sites for hydroxylation is 1. The second-order valence-electron chi connectivity index (χ2n) is 5.90. The predicted molar refractivity (Wildman–Crippen MR) is 94.4 cm³/mol. The van der Waals surface area contributed by atoms with Crippen molar-refractivity contribution in [3.8, 4) is 0 Å². The van der Waals surface area contributed by atoms with Crippen LogP contribution in [-0.4, -0.2) is 19.2 Å². The first-order valence-corrected chi connectivity index (χ1v) is 8.37. The standard InChI is InChI=1S/C21H22O3/c22-21(24-16-18-4-2-1-3-5-18)11-8-17-6-9-19(10-7-17)20-12-14-23-15-13-20/h1-7,9-10,12H,8,11,13-16H2. The van der Waals surface area contributed by atoms with Gasteiger partial charge in [-0.3, -0.25) is 4.79 Å². The molecule has 0 fully saturated rings. The minimum atomic E-state index is -0.157. The predicted octanol–water partition coefficient (Wildman–Crippen LogP) is 4.17. The fraction of sp³-hybridized carbons (Fsp3) is 0.286. The summed E-state index contributed by atoms with van der Waals surface area (Å²) in [4.78, 5) is 11.9. The van der Waals surface area contributed by atoms with E-state index >= 15 is 0 Å². The molecule has 3 heteroatoms. The van der Waals surface area contributed by atoms with Gasteiger partial charge in [-0.05, 0) is 35.1 Å². The van der Waals surface area contributed by atoms with E-state index in [-0.39, 0.29) is 5.97 Å². The monoisotopic (exact) mass is 322 g/mol. The first kappa shape index (κ1) is 16.5. The molecule has 0 atom stereocenters. The fourth-order valence-electron chi connectivity index (χ4n) is 2.73. The van der Waals surface area contributed by atoms with Crippen molar-refractivity contribution < 1.29 is 14.3 Å². The first-order valence-electron chi connectivity index (χ1n) is 8.37. The third kappa shape index (κ3) is 4.80. The minimum absolute atomic E-state index is 0.157. The van der Waals surface area contributed by atoms with Gasteiger partial charge in [0.1, 0.15) is 6.61 Å². The fourth-order valence-corrected chi connectivity index (χ4v) is 2.73. The molecule has 0 radical (unpaired) electrons. The van der Waals surface area contributed by atoms with Gasteiger partial charge in [0.15, 0.2) is 0 Å². The van der Waals surface area contributed by atoms with Gasteiger partial charge in [-0.15, -0.1) is 0 Å². The number of carbonyl (C=O) groups excluding carboxylic acids is 1. The molecular weight excluding hydrogens is 300 g/mol. The largest absolute Gasteiger partial charge is 0.461 e. The van der Waals surface area contributed by atoms with Crippen molar-refractivity contribution in [3.63, 3.8) is 0 Å². The molecule has 0 saturated carbocycles. The molecule has 0 bridgehead atoms. The van der Waals surface area contributed by atoms with Crippen LogP contribution in [0.25, 0.3) is 5.57 Å². The van der Waals surface area contributed by atoms with E-state index in [1.807, 2.05) is 30.3 Å². The molecule has 0 spiro atoms. The van der Waals surface area contributed by atoms with E-state index in [0.717, 1.165) is 24.2 Å². The maximum Gasteiger partial charge on any atom is 0.306 e. The highest BCUT2D eigenvalue weighted by molar-refractivity contribution is 5.70. The number of rotatable bonds is 6. The topological polar surface area (TPSA) is 35.5 Å². The van der Waals surface area contributed by atoms with Gasteiger partial charge in [0.25, 0.3) is 0 Å². The molecule has 3 nitrogen and oxygen atoms in total. The zero-order chi connectivity index (χ0) is 16.6. The molecule has 124 valence electrons. The SMILES string of the molecule is O=C(CCc1ccc(C2=CCOCC2)cc1)OCc1ccccc1. The highest BCUT2D eigenvalue weighted by Gasteiger charge is 2.07. The van der Waals surface area contributed by atoms with Crippen LogP contribution in [-0.2, 0) is 27.3 Å². The van der Waals surface area contributed by atoms with Crippen molar-refractivity contribution in [1.29, 1.82) is 0 Å². The lowest BCUT2D eigenvalue weighted by Gasteiger charge is -2.14. The van der Waals surface area contributed by atoms with Crippen LogP contribution in [0, 0.1) is 0 Å². The van der Waals surface area contributed by atoms with Crippen LogP contribution in [0.5, 0.6) is 0 Å². The molecule has 2 aromatic carbocycles. The molecule has 0 amide bonds. The number of carbonyl (C=O) groups is 1. The Labute approximate surface area is 142 Å². The normalized spacial score (nSPS) is 14.1. The maximum absolute atomic E-state index is 11.9. The van der Waals surface area contributed by atoms with E-state index in [9.17, 15) is 4.79 Å². The molecule has 0 aromatic heterocycles. The van der Waals surface area contributed by atoms with E-state index in [0.29, 0.717) is 26.1 Å². The van der Waals surface area contributed by atoms with Gasteiger partial charge < -0.3 is 9.47 Å². The quantitative estimate of drug-likeness (QED) is 0.749. The maximum atomic E-state index is 11.9. The van der Waals surface area contributed by atoms with Crippen LogP contribution in [0.3, 0.4) is 0 Å². The average Bonchev–Trinajstić information content (AvgIpc) is 2.67. The number of benzene rings is 2. The van der Waals surface area contributed by atoms with Crippen LogP contribution >= 0.6 is 0 Å². The molecule has 1 heterocycles. The summed E-state index contributed by atoms with van der Waals surface area (Å²) in [6.45, 7) is 1.83. The van der Waals surface area contributed by atoms with E-state index in [4.69, 9.17) is 9.47 Å². The summed E-state index contributed by atoms with van der Waals surface area (Å²) in [6, 6.07) is 18.2. The minimum Gasteiger partial charge on any atom is -0.461 e. The summed E-state index contributed by atoms with van der Waals surface area (Å²) in [5, 5.41) is 0. The van der Waals surface area contributed by atoms with Crippen LogP contribution in [0.4, 0.5) is 0 Å². The van der Waals surface area contributed by atoms with Crippen molar-refractivity contribution in [3.05, 3.63) is 77.4 Å². The van der Waals surface area contributed by atoms with Gasteiger partial charge in [-0.25, -0.2) is 0 Å². The Kier molecular flexibility index (Phi) is 5.80. The van der Waals surface area contributed by atoms with Crippen molar-refractivity contribution in [2.75, 3.05) is 13.2 Å². The van der Waals surface area contributed by atoms with Crippen LogP contribution in [0.15, 0.2) is 60.7 Å². The number of ether oxygens (including phenoxy) is 2. The Hall–Kier alpha value is -2.39. The molecular formula is C21H22O3. The summed E-state index contributed by atoms with van der Waals surface area (Å²) in [7, 11) is 0. The zero-order valence-electron chi connectivity index (χ0n) is 13.7. The number of esters is 1. The van der Waals surface area contributed by atoms with E-state index in [1.165, 1.54) is 11.1 Å². The summed E-state index contributed by atoms with van der Waals surface area (Å²) >= 11 is 0. The molecule has 1 aliphatic heterocycles. The Bertz CT molecular complexity index is 687. The van der Waals surface area contributed by atoms with Crippen molar-refractivity contribution in [2.24, 2.45) is 0 Å². The molecule has 0 unspecified atom stereocenters. The van der Waals surface area contributed by atoms with Crippen LogP contribution < -0.4 is 0 Å². The Balaban J connectivity index is 1.46. The van der Waals surface area contributed by atoms with Gasteiger partial charge >= 0.3 is 5.97 Å². The van der Waals surface area contributed by atoms with Crippen molar-refractivity contribution in [1.82, 2.24) is 0 Å². The van der Waals surface area contributed by atoms with Gasteiger partial charge in [0, 0.05) is 6.42 Å². The Morgan fingerprint density at radius 1 is 1.00 bits per heavy atom. The second kappa shape index (κ2) is 8.46. The summed E-state index contributed by atoms with van der Waals surface area (Å²) in [6.07, 6.45) is 4.21. The average molecular weight is 322 g/mol. The first-order chi connectivity index (χ1) is 11.8. The van der Waals surface area contributed by atoms with E-state index < -0.39 is 0 Å².